The zero-order valence-electron chi connectivity index (χ0n) is 8.35. The molecule has 0 spiro atoms. The molecule has 0 radical (unpaired) electrons. The van der Waals surface area contributed by atoms with Gasteiger partial charge < -0.3 is 0 Å². The standard InChI is InChI=1S/C12H13ClF2/c13-12(8-3-1-2-4-8)10-7-9(14)5-6-11(10)15/h5-8,12H,1-4H2. The van der Waals surface area contributed by atoms with Crippen molar-refractivity contribution in [3.63, 3.8) is 0 Å². The Morgan fingerprint density at radius 2 is 1.87 bits per heavy atom. The van der Waals surface area contributed by atoms with Crippen molar-refractivity contribution in [1.29, 1.82) is 0 Å². The summed E-state index contributed by atoms with van der Waals surface area (Å²) in [5, 5.41) is -0.386. The predicted octanol–water partition coefficient (Wildman–Crippen LogP) is 4.43. The Labute approximate surface area is 93.2 Å². The Balaban J connectivity index is 2.23. The molecule has 0 aromatic heterocycles. The second-order valence-electron chi connectivity index (χ2n) is 4.11. The molecular formula is C12H13ClF2. The van der Waals surface area contributed by atoms with Crippen molar-refractivity contribution < 1.29 is 8.78 Å². The summed E-state index contributed by atoms with van der Waals surface area (Å²) in [6.45, 7) is 0. The first kappa shape index (κ1) is 10.9. The quantitative estimate of drug-likeness (QED) is 0.659. The molecule has 1 unspecified atom stereocenters. The van der Waals surface area contributed by atoms with Gasteiger partial charge in [0, 0.05) is 5.56 Å². The topological polar surface area (TPSA) is 0 Å². The average molecular weight is 231 g/mol. The van der Waals surface area contributed by atoms with Gasteiger partial charge in [0.15, 0.2) is 0 Å². The number of rotatable bonds is 2. The molecule has 15 heavy (non-hydrogen) atoms. The molecule has 0 saturated heterocycles. The third-order valence-electron chi connectivity index (χ3n) is 3.07. The lowest BCUT2D eigenvalue weighted by molar-refractivity contribution is 0.500. The summed E-state index contributed by atoms with van der Waals surface area (Å²) in [6.07, 6.45) is 4.32. The lowest BCUT2D eigenvalue weighted by Gasteiger charge is -2.17. The number of hydrogen-bond donors (Lipinski definition) is 0. The molecular weight excluding hydrogens is 218 g/mol. The molecule has 1 aromatic carbocycles. The molecule has 1 aliphatic carbocycles. The van der Waals surface area contributed by atoms with Crippen LogP contribution in [0, 0.1) is 17.6 Å². The third kappa shape index (κ3) is 2.31. The highest BCUT2D eigenvalue weighted by Crippen LogP contribution is 2.40. The van der Waals surface area contributed by atoms with E-state index in [4.69, 9.17) is 11.6 Å². The molecule has 0 heterocycles. The van der Waals surface area contributed by atoms with Crippen LogP contribution < -0.4 is 0 Å². The van der Waals surface area contributed by atoms with Gasteiger partial charge in [-0.25, -0.2) is 8.78 Å². The first-order valence-electron chi connectivity index (χ1n) is 5.27. The molecule has 0 amide bonds. The van der Waals surface area contributed by atoms with E-state index in [2.05, 4.69) is 0 Å². The van der Waals surface area contributed by atoms with E-state index in [9.17, 15) is 8.78 Å². The summed E-state index contributed by atoms with van der Waals surface area (Å²) in [6, 6.07) is 3.48. The fraction of sp³-hybridized carbons (Fsp3) is 0.500. The zero-order chi connectivity index (χ0) is 10.8. The minimum absolute atomic E-state index is 0.294. The summed E-state index contributed by atoms with van der Waals surface area (Å²) < 4.78 is 26.4. The highest BCUT2D eigenvalue weighted by Gasteiger charge is 2.26. The minimum Gasteiger partial charge on any atom is -0.207 e. The van der Waals surface area contributed by atoms with E-state index in [1.807, 2.05) is 0 Å². The van der Waals surface area contributed by atoms with E-state index in [0.717, 1.165) is 37.8 Å². The number of hydrogen-bond acceptors (Lipinski definition) is 0. The molecule has 2 rings (SSSR count). The lowest BCUT2D eigenvalue weighted by Crippen LogP contribution is -2.06. The van der Waals surface area contributed by atoms with E-state index in [-0.39, 0.29) is 5.38 Å². The lowest BCUT2D eigenvalue weighted by atomic mass is 9.97. The van der Waals surface area contributed by atoms with E-state index in [1.54, 1.807) is 0 Å². The van der Waals surface area contributed by atoms with Gasteiger partial charge in [0.25, 0.3) is 0 Å². The molecule has 1 fully saturated rings. The molecule has 82 valence electrons. The molecule has 0 nitrogen and oxygen atoms in total. The summed E-state index contributed by atoms with van der Waals surface area (Å²) in [5.41, 5.74) is 0.309. The van der Waals surface area contributed by atoms with Crippen molar-refractivity contribution in [1.82, 2.24) is 0 Å². The zero-order valence-corrected chi connectivity index (χ0v) is 9.11. The van der Waals surface area contributed by atoms with Crippen LogP contribution in [0.2, 0.25) is 0 Å². The minimum atomic E-state index is -0.421. The van der Waals surface area contributed by atoms with Crippen molar-refractivity contribution in [3.8, 4) is 0 Å². The normalized spacial score (nSPS) is 19.4. The van der Waals surface area contributed by atoms with Crippen LogP contribution in [-0.2, 0) is 0 Å². The molecule has 1 aromatic rings. The van der Waals surface area contributed by atoms with Crippen LogP contribution in [0.15, 0.2) is 18.2 Å². The Morgan fingerprint density at radius 1 is 1.20 bits per heavy atom. The van der Waals surface area contributed by atoms with Gasteiger partial charge in [-0.05, 0) is 37.0 Å². The van der Waals surface area contributed by atoms with Gasteiger partial charge in [-0.3, -0.25) is 0 Å². The Bertz CT molecular complexity index is 345. The average Bonchev–Trinajstić information content (AvgIpc) is 2.74. The SMILES string of the molecule is Fc1ccc(F)c(C(Cl)C2CCCC2)c1. The highest BCUT2D eigenvalue weighted by molar-refractivity contribution is 6.21. The summed E-state index contributed by atoms with van der Waals surface area (Å²) in [4.78, 5) is 0. The molecule has 0 aliphatic heterocycles. The van der Waals surface area contributed by atoms with Crippen LogP contribution >= 0.6 is 11.6 Å². The van der Waals surface area contributed by atoms with Gasteiger partial charge in [-0.15, -0.1) is 11.6 Å². The van der Waals surface area contributed by atoms with E-state index in [0.29, 0.717) is 11.5 Å². The van der Waals surface area contributed by atoms with Crippen molar-refractivity contribution in [2.24, 2.45) is 5.92 Å². The third-order valence-corrected chi connectivity index (χ3v) is 3.66. The van der Waals surface area contributed by atoms with Gasteiger partial charge >= 0.3 is 0 Å². The summed E-state index contributed by atoms with van der Waals surface area (Å²) in [7, 11) is 0. The van der Waals surface area contributed by atoms with Crippen LogP contribution in [0.5, 0.6) is 0 Å². The van der Waals surface area contributed by atoms with Gasteiger partial charge in [0.1, 0.15) is 11.6 Å². The largest absolute Gasteiger partial charge is 0.207 e. The van der Waals surface area contributed by atoms with Crippen molar-refractivity contribution in [2.75, 3.05) is 0 Å². The Kier molecular flexibility index (Phi) is 3.25. The van der Waals surface area contributed by atoms with Crippen LogP contribution in [-0.4, -0.2) is 0 Å². The van der Waals surface area contributed by atoms with Crippen molar-refractivity contribution in [3.05, 3.63) is 35.4 Å². The van der Waals surface area contributed by atoms with Crippen LogP contribution in [0.3, 0.4) is 0 Å². The Hall–Kier alpha value is -0.630. The van der Waals surface area contributed by atoms with E-state index in [1.165, 1.54) is 6.07 Å². The second-order valence-corrected chi connectivity index (χ2v) is 4.58. The Morgan fingerprint density at radius 3 is 2.53 bits per heavy atom. The van der Waals surface area contributed by atoms with Crippen LogP contribution in [0.25, 0.3) is 0 Å². The summed E-state index contributed by atoms with van der Waals surface area (Å²) in [5.74, 6) is -0.527. The molecule has 1 atom stereocenters. The van der Waals surface area contributed by atoms with Crippen LogP contribution in [0.1, 0.15) is 36.6 Å². The van der Waals surface area contributed by atoms with Gasteiger partial charge in [0.2, 0.25) is 0 Å². The molecule has 0 N–H and O–H groups in total. The van der Waals surface area contributed by atoms with Crippen LogP contribution in [0.4, 0.5) is 8.78 Å². The molecule has 1 aliphatic rings. The molecule has 1 saturated carbocycles. The van der Waals surface area contributed by atoms with Gasteiger partial charge in [0.05, 0.1) is 5.38 Å². The maximum atomic E-state index is 13.4. The number of benzene rings is 1. The predicted molar refractivity (Wildman–Crippen MR) is 56.9 cm³/mol. The van der Waals surface area contributed by atoms with Crippen molar-refractivity contribution >= 4 is 11.6 Å². The maximum Gasteiger partial charge on any atom is 0.128 e. The first-order valence-corrected chi connectivity index (χ1v) is 5.71. The fourth-order valence-corrected chi connectivity index (χ4v) is 2.65. The van der Waals surface area contributed by atoms with Crippen molar-refractivity contribution in [2.45, 2.75) is 31.1 Å². The molecule has 0 bridgehead atoms. The first-order chi connectivity index (χ1) is 7.18. The molecule has 3 heteroatoms. The second kappa shape index (κ2) is 4.48. The summed E-state index contributed by atoms with van der Waals surface area (Å²) >= 11 is 6.18. The van der Waals surface area contributed by atoms with Gasteiger partial charge in [-0.1, -0.05) is 12.8 Å². The van der Waals surface area contributed by atoms with E-state index >= 15 is 0 Å². The van der Waals surface area contributed by atoms with E-state index < -0.39 is 11.6 Å². The fourth-order valence-electron chi connectivity index (χ4n) is 2.23. The maximum absolute atomic E-state index is 13.4. The number of alkyl halides is 1. The monoisotopic (exact) mass is 230 g/mol. The number of halogens is 3. The highest BCUT2D eigenvalue weighted by atomic mass is 35.5. The smallest absolute Gasteiger partial charge is 0.128 e. The van der Waals surface area contributed by atoms with Gasteiger partial charge in [-0.2, -0.15) is 0 Å².